The summed E-state index contributed by atoms with van der Waals surface area (Å²) in [4.78, 5) is 2.22. The first-order valence-corrected chi connectivity index (χ1v) is 7.89. The molecule has 0 fully saturated rings. The largest absolute Gasteiger partial charge is 0.383 e. The highest BCUT2D eigenvalue weighted by Crippen LogP contribution is 2.21. The minimum Gasteiger partial charge on any atom is -0.383 e. The molecular formula is C16H23NO2S. The van der Waals surface area contributed by atoms with E-state index < -0.39 is 0 Å². The van der Waals surface area contributed by atoms with Gasteiger partial charge in [0.05, 0.1) is 19.8 Å². The minimum absolute atomic E-state index is 0.775. The van der Waals surface area contributed by atoms with E-state index in [1.54, 1.807) is 18.4 Å². The smallest absolute Gasteiger partial charge is 0.0593 e. The zero-order chi connectivity index (χ0) is 14.2. The van der Waals surface area contributed by atoms with E-state index in [4.69, 9.17) is 9.47 Å². The van der Waals surface area contributed by atoms with Crippen LogP contribution in [-0.2, 0) is 15.9 Å². The van der Waals surface area contributed by atoms with Gasteiger partial charge in [0.2, 0.25) is 0 Å². The molecule has 110 valence electrons. The average molecular weight is 293 g/mol. The van der Waals surface area contributed by atoms with E-state index in [2.05, 4.69) is 41.6 Å². The third-order valence-electron chi connectivity index (χ3n) is 3.35. The van der Waals surface area contributed by atoms with Crippen molar-refractivity contribution in [2.75, 3.05) is 47.1 Å². The monoisotopic (exact) mass is 293 g/mol. The number of benzene rings is 1. The van der Waals surface area contributed by atoms with Crippen molar-refractivity contribution < 1.29 is 9.47 Å². The first kappa shape index (κ1) is 15.4. The van der Waals surface area contributed by atoms with Gasteiger partial charge in [0.15, 0.2) is 0 Å². The Morgan fingerprint density at radius 3 is 2.80 bits per heavy atom. The summed E-state index contributed by atoms with van der Waals surface area (Å²) in [5.41, 5.74) is 1.35. The molecule has 1 aromatic carbocycles. The minimum atomic E-state index is 0.775. The molecule has 0 atom stereocenters. The number of hydrogen-bond acceptors (Lipinski definition) is 4. The Balaban J connectivity index is 1.63. The van der Waals surface area contributed by atoms with Crippen molar-refractivity contribution >= 4 is 21.4 Å². The van der Waals surface area contributed by atoms with E-state index in [-0.39, 0.29) is 0 Å². The lowest BCUT2D eigenvalue weighted by Crippen LogP contribution is -2.27. The quantitative estimate of drug-likeness (QED) is 0.663. The summed E-state index contributed by atoms with van der Waals surface area (Å²) in [6, 6.07) is 8.84. The van der Waals surface area contributed by atoms with E-state index in [1.807, 2.05) is 0 Å². The molecule has 2 rings (SSSR count). The first-order valence-electron chi connectivity index (χ1n) is 7.01. The molecule has 1 aromatic heterocycles. The Hall–Kier alpha value is -0.940. The van der Waals surface area contributed by atoms with Crippen LogP contribution < -0.4 is 0 Å². The van der Waals surface area contributed by atoms with Crippen molar-refractivity contribution in [1.82, 2.24) is 4.90 Å². The third-order valence-corrected chi connectivity index (χ3v) is 4.24. The van der Waals surface area contributed by atoms with Crippen LogP contribution in [0.2, 0.25) is 0 Å². The van der Waals surface area contributed by atoms with Gasteiger partial charge < -0.3 is 14.4 Å². The molecule has 0 spiro atoms. The van der Waals surface area contributed by atoms with Crippen molar-refractivity contribution in [3.63, 3.8) is 0 Å². The molecule has 0 saturated heterocycles. The van der Waals surface area contributed by atoms with E-state index in [0.717, 1.165) is 39.3 Å². The zero-order valence-electron chi connectivity index (χ0n) is 12.3. The molecular weight excluding hydrogens is 270 g/mol. The summed E-state index contributed by atoms with van der Waals surface area (Å²) in [7, 11) is 3.82. The van der Waals surface area contributed by atoms with Gasteiger partial charge >= 0.3 is 0 Å². The molecule has 1 heterocycles. The van der Waals surface area contributed by atoms with E-state index in [9.17, 15) is 0 Å². The van der Waals surface area contributed by atoms with Crippen LogP contribution in [0.3, 0.4) is 0 Å². The molecule has 20 heavy (non-hydrogen) atoms. The van der Waals surface area contributed by atoms with E-state index >= 15 is 0 Å². The lowest BCUT2D eigenvalue weighted by atomic mass is 10.1. The maximum absolute atomic E-state index is 5.70. The van der Waals surface area contributed by atoms with Crippen LogP contribution in [0.25, 0.3) is 10.1 Å². The molecule has 0 amide bonds. The summed E-state index contributed by atoms with van der Waals surface area (Å²) in [6.07, 6.45) is 0.980. The Kier molecular flexibility index (Phi) is 6.47. The number of rotatable bonds is 9. The SMILES string of the molecule is COCCN(C)CCOCCc1ccc2sccc2c1. The third kappa shape index (κ3) is 4.87. The average Bonchev–Trinajstić information content (AvgIpc) is 2.92. The molecule has 3 nitrogen and oxygen atoms in total. The van der Waals surface area contributed by atoms with Gasteiger partial charge in [-0.1, -0.05) is 12.1 Å². The zero-order valence-corrected chi connectivity index (χ0v) is 13.1. The Bertz CT molecular complexity index is 512. The highest BCUT2D eigenvalue weighted by molar-refractivity contribution is 7.17. The normalized spacial score (nSPS) is 11.6. The number of nitrogens with zero attached hydrogens (tertiary/aromatic N) is 1. The molecule has 0 aliphatic carbocycles. The Labute approximate surface area is 125 Å². The first-order chi connectivity index (χ1) is 9.79. The number of likely N-dealkylation sites (N-methyl/N-ethyl adjacent to an activating group) is 1. The second-order valence-corrected chi connectivity index (χ2v) is 5.90. The van der Waals surface area contributed by atoms with Crippen molar-refractivity contribution in [3.05, 3.63) is 35.2 Å². The van der Waals surface area contributed by atoms with Gasteiger partial charge in [-0.15, -0.1) is 11.3 Å². The number of fused-ring (bicyclic) bond motifs is 1. The van der Waals surface area contributed by atoms with Crippen molar-refractivity contribution in [3.8, 4) is 0 Å². The molecule has 0 bridgehead atoms. The van der Waals surface area contributed by atoms with Crippen LogP contribution >= 0.6 is 11.3 Å². The Morgan fingerprint density at radius 1 is 1.10 bits per heavy atom. The predicted octanol–water partition coefficient (Wildman–Crippen LogP) is 3.04. The number of ether oxygens (including phenoxy) is 2. The second-order valence-electron chi connectivity index (χ2n) is 4.95. The van der Waals surface area contributed by atoms with Gasteiger partial charge in [-0.2, -0.15) is 0 Å². The summed E-state index contributed by atoms with van der Waals surface area (Å²) in [5, 5.41) is 3.48. The van der Waals surface area contributed by atoms with Crippen molar-refractivity contribution in [1.29, 1.82) is 0 Å². The summed E-state index contributed by atoms with van der Waals surface area (Å²) in [5.74, 6) is 0. The lowest BCUT2D eigenvalue weighted by molar-refractivity contribution is 0.100. The van der Waals surface area contributed by atoms with E-state index in [0.29, 0.717) is 0 Å². The van der Waals surface area contributed by atoms with Crippen molar-refractivity contribution in [2.45, 2.75) is 6.42 Å². The molecule has 2 aromatic rings. The molecule has 4 heteroatoms. The van der Waals surface area contributed by atoms with Crippen LogP contribution in [0.15, 0.2) is 29.6 Å². The fraction of sp³-hybridized carbons (Fsp3) is 0.500. The molecule has 0 aliphatic heterocycles. The fourth-order valence-corrected chi connectivity index (χ4v) is 2.81. The van der Waals surface area contributed by atoms with Crippen molar-refractivity contribution in [2.24, 2.45) is 0 Å². The van der Waals surface area contributed by atoms with Gasteiger partial charge in [0, 0.05) is 24.9 Å². The second kappa shape index (κ2) is 8.37. The van der Waals surface area contributed by atoms with Gasteiger partial charge in [-0.3, -0.25) is 0 Å². The Morgan fingerprint density at radius 2 is 1.95 bits per heavy atom. The maximum atomic E-state index is 5.70. The van der Waals surface area contributed by atoms with Gasteiger partial charge in [0.1, 0.15) is 0 Å². The maximum Gasteiger partial charge on any atom is 0.0593 e. The standard InChI is InChI=1S/C16H23NO2S/c1-17(7-10-18-2)8-11-19-9-5-14-3-4-16-15(13-14)6-12-20-16/h3-4,6,12-13H,5,7-11H2,1-2H3. The molecule has 0 radical (unpaired) electrons. The topological polar surface area (TPSA) is 21.7 Å². The number of thiophene rings is 1. The molecule has 0 aliphatic rings. The molecule has 0 N–H and O–H groups in total. The van der Waals surface area contributed by atoms with Crippen LogP contribution in [0.1, 0.15) is 5.56 Å². The van der Waals surface area contributed by atoms with Crippen LogP contribution in [0.5, 0.6) is 0 Å². The number of hydrogen-bond donors (Lipinski definition) is 0. The summed E-state index contributed by atoms with van der Waals surface area (Å²) < 4.78 is 12.1. The van der Waals surface area contributed by atoms with Gasteiger partial charge in [-0.25, -0.2) is 0 Å². The van der Waals surface area contributed by atoms with Gasteiger partial charge in [0.25, 0.3) is 0 Å². The summed E-state index contributed by atoms with van der Waals surface area (Å²) >= 11 is 1.79. The van der Waals surface area contributed by atoms with E-state index in [1.165, 1.54) is 15.6 Å². The molecule has 0 unspecified atom stereocenters. The fourth-order valence-electron chi connectivity index (χ4n) is 2.04. The van der Waals surface area contributed by atoms with Gasteiger partial charge in [-0.05, 0) is 41.9 Å². The number of methoxy groups -OCH3 is 1. The summed E-state index contributed by atoms with van der Waals surface area (Å²) in [6.45, 7) is 4.24. The highest BCUT2D eigenvalue weighted by atomic mass is 32.1. The van der Waals surface area contributed by atoms with Crippen LogP contribution in [-0.4, -0.2) is 52.0 Å². The molecule has 0 saturated carbocycles. The van der Waals surface area contributed by atoms with Crippen LogP contribution in [0.4, 0.5) is 0 Å². The predicted molar refractivity (Wildman–Crippen MR) is 85.7 cm³/mol. The van der Waals surface area contributed by atoms with Crippen LogP contribution in [0, 0.1) is 0 Å². The lowest BCUT2D eigenvalue weighted by Gasteiger charge is -2.15. The highest BCUT2D eigenvalue weighted by Gasteiger charge is 2.00.